The molecule has 70 valence electrons. The van der Waals surface area contributed by atoms with Crippen molar-refractivity contribution in [1.29, 1.82) is 0 Å². The Morgan fingerprint density at radius 2 is 1.92 bits per heavy atom. The standard InChI is InChI=1S/C13H19/c1-13(2)11-8-3-7-4-9(6-8)12(13)10(11)5-7/h7-11H,3-6H2,1-2H3/q+1/t7-,8-,9+,10-,11?/m1/s1. The zero-order chi connectivity index (χ0) is 8.79. The van der Waals surface area contributed by atoms with Gasteiger partial charge in [0.15, 0.2) is 0 Å². The lowest BCUT2D eigenvalue weighted by molar-refractivity contribution is -0.167. The van der Waals surface area contributed by atoms with Crippen molar-refractivity contribution >= 4 is 0 Å². The van der Waals surface area contributed by atoms with Crippen LogP contribution < -0.4 is 0 Å². The van der Waals surface area contributed by atoms with Crippen molar-refractivity contribution in [3.63, 3.8) is 0 Å². The van der Waals surface area contributed by atoms with Crippen molar-refractivity contribution in [2.45, 2.75) is 39.5 Å². The fraction of sp³-hybridized carbons (Fsp3) is 0.923. The second-order valence-electron chi connectivity index (χ2n) is 6.58. The third-order valence-electron chi connectivity index (χ3n) is 5.79. The fourth-order valence-electron chi connectivity index (χ4n) is 5.87. The van der Waals surface area contributed by atoms with Crippen molar-refractivity contribution in [1.82, 2.24) is 0 Å². The van der Waals surface area contributed by atoms with E-state index < -0.39 is 0 Å². The van der Waals surface area contributed by atoms with Gasteiger partial charge in [0, 0.05) is 0 Å². The second kappa shape index (κ2) is 1.81. The molecule has 0 amide bonds. The van der Waals surface area contributed by atoms with Crippen LogP contribution in [-0.2, 0) is 0 Å². The fourth-order valence-corrected chi connectivity index (χ4v) is 5.87. The van der Waals surface area contributed by atoms with Crippen LogP contribution in [0.5, 0.6) is 0 Å². The van der Waals surface area contributed by atoms with Crippen LogP contribution in [0.4, 0.5) is 0 Å². The summed E-state index contributed by atoms with van der Waals surface area (Å²) >= 11 is 0. The van der Waals surface area contributed by atoms with E-state index in [2.05, 4.69) is 13.8 Å². The molecule has 0 heteroatoms. The van der Waals surface area contributed by atoms with Gasteiger partial charge in [-0.25, -0.2) is 0 Å². The highest BCUT2D eigenvalue weighted by atomic mass is 14.7. The van der Waals surface area contributed by atoms with Gasteiger partial charge in [-0.05, 0) is 51.4 Å². The summed E-state index contributed by atoms with van der Waals surface area (Å²) < 4.78 is 0. The summed E-state index contributed by atoms with van der Waals surface area (Å²) in [7, 11) is 0. The maximum atomic E-state index is 2.52. The Labute approximate surface area is 81.1 Å². The first-order chi connectivity index (χ1) is 6.18. The molecule has 6 aliphatic rings. The zero-order valence-electron chi connectivity index (χ0n) is 8.72. The maximum absolute atomic E-state index is 2.52. The average Bonchev–Trinajstić information content (AvgIpc) is 1.99. The average molecular weight is 175 g/mol. The first-order valence-electron chi connectivity index (χ1n) is 6.05. The van der Waals surface area contributed by atoms with Crippen molar-refractivity contribution in [2.24, 2.45) is 35.0 Å². The Balaban J connectivity index is 1.83. The van der Waals surface area contributed by atoms with Crippen molar-refractivity contribution in [3.05, 3.63) is 5.92 Å². The van der Waals surface area contributed by atoms with E-state index in [1.807, 2.05) is 5.92 Å². The third kappa shape index (κ3) is 0.601. The van der Waals surface area contributed by atoms with Gasteiger partial charge in [0.1, 0.15) is 23.2 Å². The van der Waals surface area contributed by atoms with Gasteiger partial charge in [0.2, 0.25) is 0 Å². The van der Waals surface area contributed by atoms with Crippen LogP contribution in [-0.4, -0.2) is 0 Å². The molecule has 6 aliphatic carbocycles. The summed E-state index contributed by atoms with van der Waals surface area (Å²) in [6.45, 7) is 5.04. The van der Waals surface area contributed by atoms with Crippen molar-refractivity contribution in [3.8, 4) is 0 Å². The van der Waals surface area contributed by atoms with Crippen LogP contribution >= 0.6 is 0 Å². The summed E-state index contributed by atoms with van der Waals surface area (Å²) in [5, 5.41) is 0. The van der Waals surface area contributed by atoms with Crippen LogP contribution in [0.1, 0.15) is 39.5 Å². The molecule has 0 aromatic heterocycles. The molecule has 0 aromatic rings. The van der Waals surface area contributed by atoms with E-state index in [4.69, 9.17) is 0 Å². The van der Waals surface area contributed by atoms with Gasteiger partial charge in [-0.2, -0.15) is 0 Å². The largest absolute Gasteiger partial charge is 0.113 e. The summed E-state index contributed by atoms with van der Waals surface area (Å²) in [6, 6.07) is 0. The first kappa shape index (κ1) is 7.20. The van der Waals surface area contributed by atoms with Crippen LogP contribution in [0.15, 0.2) is 0 Å². The molecule has 1 unspecified atom stereocenters. The van der Waals surface area contributed by atoms with Gasteiger partial charge in [0.05, 0.1) is 5.92 Å². The highest BCUT2D eigenvalue weighted by Crippen LogP contribution is 2.76. The molecule has 6 saturated carbocycles. The predicted molar refractivity (Wildman–Crippen MR) is 52.9 cm³/mol. The Morgan fingerprint density at radius 1 is 1.08 bits per heavy atom. The van der Waals surface area contributed by atoms with Gasteiger partial charge < -0.3 is 0 Å². The lowest BCUT2D eigenvalue weighted by Crippen LogP contribution is -2.67. The molecule has 5 atom stereocenters. The van der Waals surface area contributed by atoms with Gasteiger partial charge in [-0.1, -0.05) is 0 Å². The van der Waals surface area contributed by atoms with E-state index in [-0.39, 0.29) is 0 Å². The summed E-state index contributed by atoms with van der Waals surface area (Å²) in [4.78, 5) is 0. The van der Waals surface area contributed by atoms with E-state index in [0.717, 1.165) is 29.6 Å². The quantitative estimate of drug-likeness (QED) is 0.496. The second-order valence-corrected chi connectivity index (χ2v) is 6.58. The highest BCUT2D eigenvalue weighted by molar-refractivity contribution is 5.32. The molecular weight excluding hydrogens is 156 g/mol. The van der Waals surface area contributed by atoms with E-state index in [0.29, 0.717) is 5.41 Å². The molecule has 0 radical (unpaired) electrons. The SMILES string of the molecule is CC1(C)[C+]2[C@H]3C[C@H]4C[C@H](C3)C1[C@H]2C4. The highest BCUT2D eigenvalue weighted by Gasteiger charge is 2.78. The van der Waals surface area contributed by atoms with E-state index in [1.54, 1.807) is 25.7 Å². The Bertz CT molecular complexity index is 224. The molecule has 0 aliphatic heterocycles. The molecule has 0 N–H and O–H groups in total. The maximum Gasteiger partial charge on any atom is 0.113 e. The minimum Gasteiger partial charge on any atom is -0.0464 e. The Hall–Kier alpha value is -0.130. The third-order valence-corrected chi connectivity index (χ3v) is 5.79. The van der Waals surface area contributed by atoms with Gasteiger partial charge in [0.25, 0.3) is 0 Å². The molecule has 0 spiro atoms. The molecule has 0 aromatic carbocycles. The normalized spacial score (nSPS) is 59.5. The minimum absolute atomic E-state index is 0.656. The predicted octanol–water partition coefficient (Wildman–Crippen LogP) is 3.28. The lowest BCUT2D eigenvalue weighted by Gasteiger charge is -2.66. The molecule has 0 saturated heterocycles. The molecule has 6 rings (SSSR count). The Kier molecular flexibility index (Phi) is 1.00. The number of rotatable bonds is 0. The smallest absolute Gasteiger partial charge is 0.0464 e. The van der Waals surface area contributed by atoms with Gasteiger partial charge in [-0.3, -0.25) is 0 Å². The van der Waals surface area contributed by atoms with Crippen LogP contribution in [0.3, 0.4) is 0 Å². The van der Waals surface area contributed by atoms with Crippen LogP contribution in [0.2, 0.25) is 0 Å². The minimum atomic E-state index is 0.656. The van der Waals surface area contributed by atoms with E-state index in [1.165, 1.54) is 0 Å². The van der Waals surface area contributed by atoms with Crippen molar-refractivity contribution in [2.75, 3.05) is 0 Å². The molecule has 6 bridgehead atoms. The first-order valence-corrected chi connectivity index (χ1v) is 6.05. The topological polar surface area (TPSA) is 0 Å². The van der Waals surface area contributed by atoms with Crippen LogP contribution in [0.25, 0.3) is 0 Å². The lowest BCUT2D eigenvalue weighted by atomic mass is 9.30. The van der Waals surface area contributed by atoms with E-state index in [9.17, 15) is 0 Å². The van der Waals surface area contributed by atoms with Crippen molar-refractivity contribution < 1.29 is 0 Å². The van der Waals surface area contributed by atoms with Gasteiger partial charge >= 0.3 is 0 Å². The molecule has 6 fully saturated rings. The molecule has 0 nitrogen and oxygen atoms in total. The molecule has 13 heavy (non-hydrogen) atoms. The van der Waals surface area contributed by atoms with E-state index >= 15 is 0 Å². The summed E-state index contributed by atoms with van der Waals surface area (Å²) in [6.07, 6.45) is 6.32. The molecule has 0 heterocycles. The zero-order valence-corrected chi connectivity index (χ0v) is 8.72. The van der Waals surface area contributed by atoms with Crippen LogP contribution in [0, 0.1) is 40.9 Å². The summed E-state index contributed by atoms with van der Waals surface area (Å²) in [5.74, 6) is 7.56. The molecular formula is C13H19+. The number of hydrogen-bond donors (Lipinski definition) is 0. The summed E-state index contributed by atoms with van der Waals surface area (Å²) in [5.41, 5.74) is 0.656. The van der Waals surface area contributed by atoms with Gasteiger partial charge in [-0.15, -0.1) is 0 Å². The monoisotopic (exact) mass is 175 g/mol. The Morgan fingerprint density at radius 3 is 2.62 bits per heavy atom. The number of hydrogen-bond acceptors (Lipinski definition) is 0.